The molecular weight excluding hydrogens is 646 g/mol. The molecule has 0 saturated carbocycles. The van der Waals surface area contributed by atoms with Gasteiger partial charge in [0.05, 0.1) is 0 Å². The van der Waals surface area contributed by atoms with Crippen LogP contribution in [0.15, 0.2) is 91.0 Å². The van der Waals surface area contributed by atoms with Crippen LogP contribution in [-0.2, 0) is 12.8 Å². The van der Waals surface area contributed by atoms with Gasteiger partial charge in [-0.3, -0.25) is 0 Å². The Morgan fingerprint density at radius 1 is 0.407 bits per heavy atom. The summed E-state index contributed by atoms with van der Waals surface area (Å²) in [5.41, 5.74) is 27.4. The molecule has 270 valence electrons. The SMILES string of the molecule is C#Cc1cc(B(c2c(C)cc(C)cc2C)c2c(C)cc(C)cc2C)c(CCc2ccccc2)cc1B(c1c(C)cc(C)cc1C)c1c(C)cc(C)cc1C. The molecule has 0 spiro atoms. The molecule has 6 aromatic rings. The summed E-state index contributed by atoms with van der Waals surface area (Å²) >= 11 is 0. The van der Waals surface area contributed by atoms with Gasteiger partial charge in [0.2, 0.25) is 13.4 Å². The number of hydrogen-bond donors (Lipinski definition) is 0. The highest BCUT2D eigenvalue weighted by atomic mass is 14.2. The molecule has 0 aromatic heterocycles. The Bertz CT molecular complexity index is 2210. The first kappa shape index (κ1) is 38.7. The van der Waals surface area contributed by atoms with Crippen LogP contribution in [0.25, 0.3) is 0 Å². The van der Waals surface area contributed by atoms with Crippen molar-refractivity contribution in [1.29, 1.82) is 0 Å². The van der Waals surface area contributed by atoms with Crippen molar-refractivity contribution in [3.63, 3.8) is 0 Å². The Balaban J connectivity index is 1.75. The first-order chi connectivity index (χ1) is 25.7. The summed E-state index contributed by atoms with van der Waals surface area (Å²) in [6.07, 6.45) is 8.57. The van der Waals surface area contributed by atoms with Gasteiger partial charge in [-0.15, -0.1) is 6.42 Å². The molecule has 6 aromatic carbocycles. The molecule has 0 amide bonds. The fourth-order valence-electron chi connectivity index (χ4n) is 9.95. The number of terminal acetylenes is 1. The molecule has 0 N–H and O–H groups in total. The van der Waals surface area contributed by atoms with Gasteiger partial charge in [0, 0.05) is 5.56 Å². The van der Waals surface area contributed by atoms with E-state index >= 15 is 0 Å². The van der Waals surface area contributed by atoms with Crippen molar-refractivity contribution in [1.82, 2.24) is 0 Å². The number of rotatable bonds is 9. The van der Waals surface area contributed by atoms with E-state index in [2.05, 4.69) is 180 Å². The summed E-state index contributed by atoms with van der Waals surface area (Å²) < 4.78 is 0. The topological polar surface area (TPSA) is 0 Å². The summed E-state index contributed by atoms with van der Waals surface area (Å²) in [6, 6.07) is 34.7. The Morgan fingerprint density at radius 2 is 0.741 bits per heavy atom. The van der Waals surface area contributed by atoms with E-state index < -0.39 is 0 Å². The van der Waals surface area contributed by atoms with Crippen LogP contribution < -0.4 is 32.8 Å². The Labute approximate surface area is 327 Å². The molecule has 2 heteroatoms. The molecule has 0 saturated heterocycles. The molecule has 0 nitrogen and oxygen atoms in total. The van der Waals surface area contributed by atoms with Gasteiger partial charge < -0.3 is 0 Å². The first-order valence-corrected chi connectivity index (χ1v) is 19.7. The normalized spacial score (nSPS) is 11.1. The maximum atomic E-state index is 6.72. The van der Waals surface area contributed by atoms with E-state index in [4.69, 9.17) is 6.42 Å². The minimum Gasteiger partial charge on any atom is -0.115 e. The van der Waals surface area contributed by atoms with Gasteiger partial charge in [-0.1, -0.05) is 202 Å². The van der Waals surface area contributed by atoms with Gasteiger partial charge in [-0.25, -0.2) is 0 Å². The number of aryl methyl sites for hydroxylation is 14. The molecule has 0 unspecified atom stereocenters. The van der Waals surface area contributed by atoms with Gasteiger partial charge in [0.25, 0.3) is 0 Å². The molecule has 0 aliphatic rings. The smallest absolute Gasteiger partial charge is 0.115 e. The average molecular weight is 703 g/mol. The second kappa shape index (κ2) is 15.8. The van der Waals surface area contributed by atoms with E-state index in [0.717, 1.165) is 18.4 Å². The zero-order valence-electron chi connectivity index (χ0n) is 34.8. The van der Waals surface area contributed by atoms with Crippen molar-refractivity contribution in [3.05, 3.63) is 174 Å². The third-order valence-electron chi connectivity index (χ3n) is 11.7. The maximum Gasteiger partial charge on any atom is 0.244 e. The third-order valence-corrected chi connectivity index (χ3v) is 11.7. The van der Waals surface area contributed by atoms with Gasteiger partial charge in [-0.05, 0) is 101 Å². The van der Waals surface area contributed by atoms with Crippen LogP contribution in [0.3, 0.4) is 0 Å². The minimum absolute atomic E-state index is 0.00841. The van der Waals surface area contributed by atoms with Crippen LogP contribution in [0.1, 0.15) is 83.5 Å². The molecule has 0 bridgehead atoms. The third kappa shape index (κ3) is 7.66. The first-order valence-electron chi connectivity index (χ1n) is 19.7. The van der Waals surface area contributed by atoms with Crippen molar-refractivity contribution < 1.29 is 0 Å². The molecule has 0 atom stereocenters. The van der Waals surface area contributed by atoms with Crippen molar-refractivity contribution in [2.45, 2.75) is 95.9 Å². The Kier molecular flexibility index (Phi) is 11.3. The molecule has 0 fully saturated rings. The molecule has 0 aliphatic heterocycles. The van der Waals surface area contributed by atoms with Crippen molar-refractivity contribution in [3.8, 4) is 12.3 Å². The summed E-state index contributed by atoms with van der Waals surface area (Å²) in [4.78, 5) is 0. The highest BCUT2D eigenvalue weighted by Crippen LogP contribution is 2.19. The summed E-state index contributed by atoms with van der Waals surface area (Å²) in [6.45, 7) is 27.2. The largest absolute Gasteiger partial charge is 0.244 e. The highest BCUT2D eigenvalue weighted by Gasteiger charge is 2.35. The Hall–Kier alpha value is -4.99. The molecular formula is C52H56B2. The molecule has 0 radical (unpaired) electrons. The van der Waals surface area contributed by atoms with E-state index in [1.165, 1.54) is 111 Å². The predicted octanol–water partition coefficient (Wildman–Crippen LogP) is 8.19. The van der Waals surface area contributed by atoms with Crippen molar-refractivity contribution >= 4 is 46.2 Å². The Morgan fingerprint density at radius 3 is 1.07 bits per heavy atom. The lowest BCUT2D eigenvalue weighted by atomic mass is 9.31. The van der Waals surface area contributed by atoms with Crippen molar-refractivity contribution in [2.24, 2.45) is 0 Å². The molecule has 0 heterocycles. The monoisotopic (exact) mass is 702 g/mol. The van der Waals surface area contributed by atoms with Crippen LogP contribution >= 0.6 is 0 Å². The summed E-state index contributed by atoms with van der Waals surface area (Å²) in [7, 11) is 0. The average Bonchev–Trinajstić information content (AvgIpc) is 3.08. The van der Waals surface area contributed by atoms with E-state index in [9.17, 15) is 0 Å². The van der Waals surface area contributed by atoms with E-state index in [1.54, 1.807) is 0 Å². The fraction of sp³-hybridized carbons (Fsp3) is 0.269. The molecule has 0 aliphatic carbocycles. The van der Waals surface area contributed by atoms with Gasteiger partial charge >= 0.3 is 0 Å². The molecule has 6 rings (SSSR count). The second-order valence-corrected chi connectivity index (χ2v) is 16.4. The lowest BCUT2D eigenvalue weighted by molar-refractivity contribution is 0.967. The standard InChI is InChI=1S/C52H56B2/c1-14-45-30-48(54(51-40(10)26-34(4)27-41(51)11)52-42(12)28-35(5)29-43(52)13)46(21-20-44-18-16-15-17-19-44)31-47(45)53(49-36(6)22-32(2)23-37(49)7)50-38(8)24-33(3)25-39(50)9/h1,15-19,22-31H,20-21H2,2-13H3. The van der Waals surface area contributed by atoms with Gasteiger partial charge in [0.1, 0.15) is 0 Å². The van der Waals surface area contributed by atoms with E-state index in [-0.39, 0.29) is 13.4 Å². The number of hydrogen-bond acceptors (Lipinski definition) is 0. The van der Waals surface area contributed by atoms with Crippen LogP contribution in [0.2, 0.25) is 0 Å². The maximum absolute atomic E-state index is 6.72. The van der Waals surface area contributed by atoms with Crippen LogP contribution in [0.5, 0.6) is 0 Å². The summed E-state index contributed by atoms with van der Waals surface area (Å²) in [5.74, 6) is 3.29. The van der Waals surface area contributed by atoms with Crippen LogP contribution in [0, 0.1) is 95.4 Å². The highest BCUT2D eigenvalue weighted by molar-refractivity contribution is 6.98. The quantitative estimate of drug-likeness (QED) is 0.105. The zero-order chi connectivity index (χ0) is 39.0. The predicted molar refractivity (Wildman–Crippen MR) is 240 cm³/mol. The lowest BCUT2D eigenvalue weighted by Crippen LogP contribution is -2.60. The van der Waals surface area contributed by atoms with E-state index in [1.807, 2.05) is 0 Å². The zero-order valence-corrected chi connectivity index (χ0v) is 34.8. The molecule has 54 heavy (non-hydrogen) atoms. The fourth-order valence-corrected chi connectivity index (χ4v) is 9.95. The lowest BCUT2D eigenvalue weighted by Gasteiger charge is -2.29. The van der Waals surface area contributed by atoms with Crippen LogP contribution in [0.4, 0.5) is 0 Å². The van der Waals surface area contributed by atoms with Gasteiger partial charge in [0.15, 0.2) is 0 Å². The minimum atomic E-state index is -0.00841. The second-order valence-electron chi connectivity index (χ2n) is 16.4. The van der Waals surface area contributed by atoms with Crippen molar-refractivity contribution in [2.75, 3.05) is 0 Å². The number of benzene rings is 6. The van der Waals surface area contributed by atoms with Gasteiger partial charge in [-0.2, -0.15) is 0 Å². The van der Waals surface area contributed by atoms with E-state index in [0.29, 0.717) is 0 Å². The summed E-state index contributed by atoms with van der Waals surface area (Å²) in [5, 5.41) is 0. The van der Waals surface area contributed by atoms with Crippen LogP contribution in [-0.4, -0.2) is 13.4 Å².